The van der Waals surface area contributed by atoms with Gasteiger partial charge in [0.15, 0.2) is 0 Å². The first kappa shape index (κ1) is 19.2. The van der Waals surface area contributed by atoms with E-state index in [0.29, 0.717) is 19.6 Å². The molecule has 3 rings (SSSR count). The molecular formula is C21H26N2O4. The maximum atomic E-state index is 12.1. The molecule has 1 aromatic carbocycles. The van der Waals surface area contributed by atoms with Gasteiger partial charge in [-0.05, 0) is 57.0 Å². The highest BCUT2D eigenvalue weighted by molar-refractivity contribution is 5.68. The molecule has 1 aliphatic heterocycles. The average Bonchev–Trinajstić information content (AvgIpc) is 3.45. The van der Waals surface area contributed by atoms with Gasteiger partial charge in [0.2, 0.25) is 0 Å². The predicted molar refractivity (Wildman–Crippen MR) is 102 cm³/mol. The van der Waals surface area contributed by atoms with Gasteiger partial charge in [-0.2, -0.15) is 0 Å². The first-order chi connectivity index (χ1) is 12.9. The van der Waals surface area contributed by atoms with Crippen LogP contribution in [0.3, 0.4) is 0 Å². The normalized spacial score (nSPS) is 17.1. The Morgan fingerprint density at radius 2 is 2.00 bits per heavy atom. The number of benzene rings is 1. The number of nitrogens with one attached hydrogen (secondary N) is 1. The molecule has 27 heavy (non-hydrogen) atoms. The fourth-order valence-electron chi connectivity index (χ4n) is 2.64. The monoisotopic (exact) mass is 370 g/mol. The van der Waals surface area contributed by atoms with Crippen LogP contribution in [0.25, 0.3) is 0 Å². The van der Waals surface area contributed by atoms with Gasteiger partial charge in [0.1, 0.15) is 24.1 Å². The number of aromatic nitrogens is 1. The minimum Gasteiger partial charge on any atom is -0.487 e. The van der Waals surface area contributed by atoms with Gasteiger partial charge in [-0.25, -0.2) is 4.79 Å². The molecule has 6 heteroatoms. The quantitative estimate of drug-likeness (QED) is 0.755. The van der Waals surface area contributed by atoms with Crippen molar-refractivity contribution in [2.75, 3.05) is 6.61 Å². The summed E-state index contributed by atoms with van der Waals surface area (Å²) in [5.41, 5.74) is 1.46. The van der Waals surface area contributed by atoms with E-state index < -0.39 is 11.7 Å². The third-order valence-corrected chi connectivity index (χ3v) is 4.00. The van der Waals surface area contributed by atoms with Crippen molar-refractivity contribution in [3.8, 4) is 5.75 Å². The summed E-state index contributed by atoms with van der Waals surface area (Å²) in [7, 11) is 0. The summed E-state index contributed by atoms with van der Waals surface area (Å²) in [4.78, 5) is 16.3. The molecule has 1 fully saturated rings. The molecule has 0 bridgehead atoms. The molecule has 0 spiro atoms. The van der Waals surface area contributed by atoms with Crippen LogP contribution in [0.15, 0.2) is 48.7 Å². The minimum atomic E-state index is -0.522. The van der Waals surface area contributed by atoms with E-state index in [0.717, 1.165) is 17.0 Å². The standard InChI is InChI=1S/C21H26N2O4/c1-21(2,3)27-20(24)23-18(19-14-26-19)12-15-7-9-17(10-8-15)25-13-16-6-4-5-11-22-16/h4-11,18-19H,12-14H2,1-3H3,(H,23,24)/t18-,19+/m0/s1. The Morgan fingerprint density at radius 3 is 2.59 bits per heavy atom. The van der Waals surface area contributed by atoms with Crippen LogP contribution in [0.1, 0.15) is 32.0 Å². The van der Waals surface area contributed by atoms with E-state index in [-0.39, 0.29) is 12.1 Å². The lowest BCUT2D eigenvalue weighted by Crippen LogP contribution is -2.43. The van der Waals surface area contributed by atoms with Crippen LogP contribution in [-0.2, 0) is 22.5 Å². The van der Waals surface area contributed by atoms with Crippen LogP contribution in [-0.4, -0.2) is 35.4 Å². The number of alkyl carbamates (subject to hydrolysis) is 1. The summed E-state index contributed by atoms with van der Waals surface area (Å²) < 4.78 is 16.5. The first-order valence-electron chi connectivity index (χ1n) is 9.12. The minimum absolute atomic E-state index is 0.0394. The first-order valence-corrected chi connectivity index (χ1v) is 9.12. The summed E-state index contributed by atoms with van der Waals surface area (Å²) in [5.74, 6) is 0.781. The summed E-state index contributed by atoms with van der Waals surface area (Å²) in [6.45, 7) is 6.63. The molecule has 0 unspecified atom stereocenters. The van der Waals surface area contributed by atoms with Gasteiger partial charge in [-0.3, -0.25) is 4.98 Å². The number of rotatable bonds is 7. The zero-order valence-corrected chi connectivity index (χ0v) is 16.0. The largest absolute Gasteiger partial charge is 0.487 e. The van der Waals surface area contributed by atoms with E-state index >= 15 is 0 Å². The fraction of sp³-hybridized carbons (Fsp3) is 0.429. The topological polar surface area (TPSA) is 73.0 Å². The second-order valence-electron chi connectivity index (χ2n) is 7.58. The molecule has 2 aromatic rings. The van der Waals surface area contributed by atoms with Crippen LogP contribution in [0.2, 0.25) is 0 Å². The fourth-order valence-corrected chi connectivity index (χ4v) is 2.64. The van der Waals surface area contributed by atoms with Crippen LogP contribution >= 0.6 is 0 Å². The Kier molecular flexibility index (Phi) is 5.96. The van der Waals surface area contributed by atoms with Crippen molar-refractivity contribution in [3.63, 3.8) is 0 Å². The zero-order valence-electron chi connectivity index (χ0n) is 16.0. The maximum Gasteiger partial charge on any atom is 0.407 e. The number of amides is 1. The van der Waals surface area contributed by atoms with Gasteiger partial charge in [-0.1, -0.05) is 18.2 Å². The lowest BCUT2D eigenvalue weighted by atomic mass is 10.0. The number of ether oxygens (including phenoxy) is 3. The highest BCUT2D eigenvalue weighted by Crippen LogP contribution is 2.21. The van der Waals surface area contributed by atoms with Crippen LogP contribution in [0, 0.1) is 0 Å². The highest BCUT2D eigenvalue weighted by Gasteiger charge is 2.34. The van der Waals surface area contributed by atoms with Crippen molar-refractivity contribution >= 4 is 6.09 Å². The number of nitrogens with zero attached hydrogens (tertiary/aromatic N) is 1. The van der Waals surface area contributed by atoms with Crippen LogP contribution in [0.5, 0.6) is 5.75 Å². The number of pyridine rings is 1. The van der Waals surface area contributed by atoms with E-state index in [1.807, 2.05) is 63.2 Å². The van der Waals surface area contributed by atoms with Gasteiger partial charge in [0.05, 0.1) is 18.3 Å². The zero-order chi connectivity index (χ0) is 19.3. The van der Waals surface area contributed by atoms with Gasteiger partial charge in [0.25, 0.3) is 0 Å². The molecule has 0 aliphatic carbocycles. The van der Waals surface area contributed by atoms with Crippen molar-refractivity contribution in [2.24, 2.45) is 0 Å². The van der Waals surface area contributed by atoms with Crippen LogP contribution in [0.4, 0.5) is 4.79 Å². The number of epoxide rings is 1. The molecule has 0 radical (unpaired) electrons. The Hall–Kier alpha value is -2.60. The summed E-state index contributed by atoms with van der Waals surface area (Å²) in [6.07, 6.45) is 2.04. The Bertz CT molecular complexity index is 737. The molecule has 1 N–H and O–H groups in total. The molecule has 6 nitrogen and oxygen atoms in total. The summed E-state index contributed by atoms with van der Waals surface area (Å²) in [6, 6.07) is 13.5. The number of carbonyl (C=O) groups excluding carboxylic acids is 1. The van der Waals surface area contributed by atoms with Crippen molar-refractivity contribution < 1.29 is 19.0 Å². The molecule has 1 saturated heterocycles. The SMILES string of the molecule is CC(C)(C)OC(=O)N[C@@H](Cc1ccc(OCc2ccccn2)cc1)[C@H]1CO1. The van der Waals surface area contributed by atoms with Gasteiger partial charge < -0.3 is 19.5 Å². The maximum absolute atomic E-state index is 12.1. The second-order valence-corrected chi connectivity index (χ2v) is 7.58. The van der Waals surface area contributed by atoms with E-state index in [1.54, 1.807) is 6.20 Å². The molecular weight excluding hydrogens is 344 g/mol. The van der Waals surface area contributed by atoms with E-state index in [9.17, 15) is 4.79 Å². The molecule has 144 valence electrons. The number of carbonyl (C=O) groups is 1. The Balaban J connectivity index is 1.53. The molecule has 2 heterocycles. The van der Waals surface area contributed by atoms with Crippen molar-refractivity contribution in [2.45, 2.75) is 51.5 Å². The number of hydrogen-bond donors (Lipinski definition) is 1. The second kappa shape index (κ2) is 8.39. The molecule has 1 amide bonds. The molecule has 2 atom stereocenters. The van der Waals surface area contributed by atoms with Gasteiger partial charge in [0, 0.05) is 6.20 Å². The van der Waals surface area contributed by atoms with Crippen LogP contribution < -0.4 is 10.1 Å². The Morgan fingerprint density at radius 1 is 1.26 bits per heavy atom. The van der Waals surface area contributed by atoms with E-state index in [2.05, 4.69) is 10.3 Å². The smallest absolute Gasteiger partial charge is 0.407 e. The molecule has 1 aliphatic rings. The predicted octanol–water partition coefficient (Wildman–Crippen LogP) is 3.50. The third kappa shape index (κ3) is 6.57. The average molecular weight is 370 g/mol. The van der Waals surface area contributed by atoms with Crippen molar-refractivity contribution in [1.29, 1.82) is 0 Å². The highest BCUT2D eigenvalue weighted by atomic mass is 16.6. The number of hydrogen-bond acceptors (Lipinski definition) is 5. The van der Waals surface area contributed by atoms with Gasteiger partial charge >= 0.3 is 6.09 Å². The van der Waals surface area contributed by atoms with Crippen molar-refractivity contribution in [1.82, 2.24) is 10.3 Å². The molecule has 0 saturated carbocycles. The Labute approximate surface area is 159 Å². The third-order valence-electron chi connectivity index (χ3n) is 4.00. The van der Waals surface area contributed by atoms with Crippen molar-refractivity contribution in [3.05, 3.63) is 59.9 Å². The summed E-state index contributed by atoms with van der Waals surface area (Å²) in [5, 5.41) is 2.92. The van der Waals surface area contributed by atoms with Gasteiger partial charge in [-0.15, -0.1) is 0 Å². The van der Waals surface area contributed by atoms with E-state index in [1.165, 1.54) is 0 Å². The van der Waals surface area contributed by atoms with E-state index in [4.69, 9.17) is 14.2 Å². The lowest BCUT2D eigenvalue weighted by molar-refractivity contribution is 0.0495. The lowest BCUT2D eigenvalue weighted by Gasteiger charge is -2.23. The molecule has 1 aromatic heterocycles. The summed E-state index contributed by atoms with van der Waals surface area (Å²) >= 11 is 0.